The lowest BCUT2D eigenvalue weighted by Gasteiger charge is -2.12. The molecular weight excluding hydrogens is 258 g/mol. The molecule has 0 saturated heterocycles. The van der Waals surface area contributed by atoms with Gasteiger partial charge >= 0.3 is 0 Å². The van der Waals surface area contributed by atoms with Crippen LogP contribution < -0.4 is 5.73 Å². The first-order valence-corrected chi connectivity index (χ1v) is 6.16. The number of aromatic nitrogens is 3. The number of non-ortho nitro benzene ring substituents is 1. The first-order valence-electron chi connectivity index (χ1n) is 6.16. The van der Waals surface area contributed by atoms with Gasteiger partial charge in [0.1, 0.15) is 0 Å². The molecule has 0 spiro atoms. The van der Waals surface area contributed by atoms with Crippen LogP contribution in [0.1, 0.15) is 26.6 Å². The minimum Gasteiger partial charge on any atom is -0.398 e. The number of hydrogen-bond donors (Lipinski definition) is 1. The largest absolute Gasteiger partial charge is 0.398 e. The minimum absolute atomic E-state index is 0.0375. The zero-order valence-corrected chi connectivity index (χ0v) is 11.9. The van der Waals surface area contributed by atoms with E-state index in [-0.39, 0.29) is 11.1 Å². The van der Waals surface area contributed by atoms with Crippen molar-refractivity contribution in [1.82, 2.24) is 14.8 Å². The van der Waals surface area contributed by atoms with Gasteiger partial charge in [-0.1, -0.05) is 20.8 Å². The van der Waals surface area contributed by atoms with E-state index in [1.807, 2.05) is 20.8 Å². The highest BCUT2D eigenvalue weighted by Crippen LogP contribution is 2.29. The topological polar surface area (TPSA) is 99.9 Å². The van der Waals surface area contributed by atoms with Crippen LogP contribution in [0.15, 0.2) is 18.2 Å². The monoisotopic (exact) mass is 275 g/mol. The summed E-state index contributed by atoms with van der Waals surface area (Å²) in [6, 6.07) is 4.35. The number of aryl methyl sites for hydroxylation is 1. The van der Waals surface area contributed by atoms with E-state index in [2.05, 4.69) is 10.1 Å². The summed E-state index contributed by atoms with van der Waals surface area (Å²) in [5.74, 6) is 1.30. The van der Waals surface area contributed by atoms with Gasteiger partial charge in [0.2, 0.25) is 0 Å². The van der Waals surface area contributed by atoms with Crippen molar-refractivity contribution in [3.05, 3.63) is 34.1 Å². The normalized spacial score (nSPS) is 11.6. The van der Waals surface area contributed by atoms with Gasteiger partial charge in [-0.25, -0.2) is 9.67 Å². The average molecular weight is 275 g/mol. The third-order valence-corrected chi connectivity index (χ3v) is 2.92. The fourth-order valence-electron chi connectivity index (χ4n) is 1.80. The molecule has 0 aliphatic rings. The van der Waals surface area contributed by atoms with Crippen LogP contribution in [-0.2, 0) is 12.5 Å². The zero-order chi connectivity index (χ0) is 15.1. The van der Waals surface area contributed by atoms with Crippen LogP contribution in [0.4, 0.5) is 11.4 Å². The summed E-state index contributed by atoms with van der Waals surface area (Å²) < 4.78 is 1.64. The molecule has 7 heteroatoms. The van der Waals surface area contributed by atoms with E-state index in [0.29, 0.717) is 22.9 Å². The van der Waals surface area contributed by atoms with Crippen molar-refractivity contribution in [3.63, 3.8) is 0 Å². The highest BCUT2D eigenvalue weighted by atomic mass is 16.6. The molecule has 0 bridgehead atoms. The van der Waals surface area contributed by atoms with Crippen LogP contribution in [0.3, 0.4) is 0 Å². The van der Waals surface area contributed by atoms with Gasteiger partial charge in [0, 0.05) is 35.8 Å². The standard InChI is InChI=1S/C13H17N5O2/c1-13(2,3)12-15-11(17(4)16-12)9-6-5-8(18(19)20)7-10(9)14/h5-7H,14H2,1-4H3. The summed E-state index contributed by atoms with van der Waals surface area (Å²) in [6.45, 7) is 6.06. The van der Waals surface area contributed by atoms with E-state index in [1.54, 1.807) is 17.8 Å². The Kier molecular flexibility index (Phi) is 3.21. The van der Waals surface area contributed by atoms with Gasteiger partial charge in [-0.15, -0.1) is 0 Å². The maximum atomic E-state index is 10.7. The van der Waals surface area contributed by atoms with Crippen molar-refractivity contribution in [3.8, 4) is 11.4 Å². The quantitative estimate of drug-likeness (QED) is 0.514. The van der Waals surface area contributed by atoms with E-state index in [4.69, 9.17) is 5.73 Å². The average Bonchev–Trinajstić information content (AvgIpc) is 2.71. The van der Waals surface area contributed by atoms with Gasteiger partial charge in [0.15, 0.2) is 11.6 Å². The molecule has 0 unspecified atom stereocenters. The van der Waals surface area contributed by atoms with E-state index in [9.17, 15) is 10.1 Å². The van der Waals surface area contributed by atoms with Gasteiger partial charge in [0.25, 0.3) is 5.69 Å². The fourth-order valence-corrected chi connectivity index (χ4v) is 1.80. The Balaban J connectivity index is 2.52. The zero-order valence-electron chi connectivity index (χ0n) is 11.9. The number of anilines is 1. The van der Waals surface area contributed by atoms with Crippen LogP contribution in [0.5, 0.6) is 0 Å². The van der Waals surface area contributed by atoms with E-state index >= 15 is 0 Å². The van der Waals surface area contributed by atoms with Gasteiger partial charge in [0.05, 0.1) is 4.92 Å². The molecule has 0 saturated carbocycles. The predicted molar refractivity (Wildman–Crippen MR) is 76.2 cm³/mol. The molecule has 0 amide bonds. The molecular formula is C13H17N5O2. The summed E-state index contributed by atoms with van der Waals surface area (Å²) in [5, 5.41) is 15.1. The highest BCUT2D eigenvalue weighted by molar-refractivity contribution is 5.74. The van der Waals surface area contributed by atoms with Crippen LogP contribution in [0.2, 0.25) is 0 Å². The van der Waals surface area contributed by atoms with E-state index in [1.165, 1.54) is 12.1 Å². The molecule has 0 fully saturated rings. The van der Waals surface area contributed by atoms with Gasteiger partial charge in [-0.2, -0.15) is 5.10 Å². The van der Waals surface area contributed by atoms with Gasteiger partial charge in [-0.05, 0) is 6.07 Å². The van der Waals surface area contributed by atoms with Crippen molar-refractivity contribution in [2.24, 2.45) is 7.05 Å². The lowest BCUT2D eigenvalue weighted by atomic mass is 9.96. The van der Waals surface area contributed by atoms with Crippen molar-refractivity contribution in [2.45, 2.75) is 26.2 Å². The fraction of sp³-hybridized carbons (Fsp3) is 0.385. The SMILES string of the molecule is Cn1nc(C(C)(C)C)nc1-c1ccc([N+](=O)[O-])cc1N. The van der Waals surface area contributed by atoms with Crippen molar-refractivity contribution >= 4 is 11.4 Å². The lowest BCUT2D eigenvalue weighted by molar-refractivity contribution is -0.384. The molecule has 0 aliphatic heterocycles. The third kappa shape index (κ3) is 2.47. The number of nitrogens with zero attached hydrogens (tertiary/aromatic N) is 4. The van der Waals surface area contributed by atoms with E-state index < -0.39 is 4.92 Å². The second kappa shape index (κ2) is 4.59. The Hall–Kier alpha value is -2.44. The summed E-state index contributed by atoms with van der Waals surface area (Å²) in [7, 11) is 1.78. The Morgan fingerprint density at radius 1 is 1.35 bits per heavy atom. The number of nitrogens with two attached hydrogens (primary N) is 1. The molecule has 2 rings (SSSR count). The molecule has 0 atom stereocenters. The summed E-state index contributed by atoms with van der Waals surface area (Å²) >= 11 is 0. The Bertz CT molecular complexity index is 670. The molecule has 1 aromatic carbocycles. The molecule has 106 valence electrons. The molecule has 0 aliphatic carbocycles. The molecule has 0 radical (unpaired) electrons. The number of nitro benzene ring substituents is 1. The van der Waals surface area contributed by atoms with Crippen molar-refractivity contribution < 1.29 is 4.92 Å². The molecule has 20 heavy (non-hydrogen) atoms. The summed E-state index contributed by atoms with van der Waals surface area (Å²) in [5.41, 5.74) is 6.64. The predicted octanol–water partition coefficient (Wildman–Crippen LogP) is 2.27. The van der Waals surface area contributed by atoms with Gasteiger partial charge < -0.3 is 5.73 Å². The second-order valence-corrected chi connectivity index (χ2v) is 5.66. The van der Waals surface area contributed by atoms with E-state index in [0.717, 1.165) is 0 Å². The van der Waals surface area contributed by atoms with Gasteiger partial charge in [-0.3, -0.25) is 10.1 Å². The molecule has 2 aromatic rings. The second-order valence-electron chi connectivity index (χ2n) is 5.66. The highest BCUT2D eigenvalue weighted by Gasteiger charge is 2.22. The number of hydrogen-bond acceptors (Lipinski definition) is 5. The van der Waals surface area contributed by atoms with Crippen LogP contribution in [0, 0.1) is 10.1 Å². The minimum atomic E-state index is -0.475. The number of nitro groups is 1. The van der Waals surface area contributed by atoms with Crippen LogP contribution in [-0.4, -0.2) is 19.7 Å². The lowest BCUT2D eigenvalue weighted by Crippen LogP contribution is -2.13. The molecule has 2 N–H and O–H groups in total. The first-order chi connectivity index (χ1) is 9.20. The van der Waals surface area contributed by atoms with Crippen molar-refractivity contribution in [2.75, 3.05) is 5.73 Å². The number of benzene rings is 1. The Labute approximate surface area is 116 Å². The number of nitrogen functional groups attached to an aromatic ring is 1. The maximum absolute atomic E-state index is 10.7. The van der Waals surface area contributed by atoms with Crippen LogP contribution >= 0.6 is 0 Å². The summed E-state index contributed by atoms with van der Waals surface area (Å²) in [6.07, 6.45) is 0. The number of rotatable bonds is 2. The van der Waals surface area contributed by atoms with Crippen molar-refractivity contribution in [1.29, 1.82) is 0 Å². The molecule has 7 nitrogen and oxygen atoms in total. The Morgan fingerprint density at radius 3 is 2.45 bits per heavy atom. The van der Waals surface area contributed by atoms with Crippen LogP contribution in [0.25, 0.3) is 11.4 Å². The smallest absolute Gasteiger partial charge is 0.271 e. The molecule has 1 aromatic heterocycles. The molecule has 1 heterocycles. The first kappa shape index (κ1) is 14.0. The summed E-state index contributed by atoms with van der Waals surface area (Å²) in [4.78, 5) is 14.7. The maximum Gasteiger partial charge on any atom is 0.271 e. The third-order valence-electron chi connectivity index (χ3n) is 2.92. The Morgan fingerprint density at radius 2 is 2.00 bits per heavy atom.